The summed E-state index contributed by atoms with van der Waals surface area (Å²) in [5.74, 6) is 0. The van der Waals surface area contributed by atoms with Gasteiger partial charge >= 0.3 is 6.09 Å². The van der Waals surface area contributed by atoms with E-state index in [0.717, 1.165) is 14.9 Å². The maximum Gasteiger partial charge on any atom is 0.410 e. The summed E-state index contributed by atoms with van der Waals surface area (Å²) in [4.78, 5) is 14.3. The first-order valence-corrected chi connectivity index (χ1v) is 8.17. The highest BCUT2D eigenvalue weighted by atomic mass is 79.9. The number of carbonyl (C=O) groups is 1. The van der Waals surface area contributed by atoms with E-state index in [1.54, 1.807) is 0 Å². The zero-order chi connectivity index (χ0) is 14.9. The Kier molecular flexibility index (Phi) is 4.01. The molecular formula is C15H14BrNO3S. The van der Waals surface area contributed by atoms with Gasteiger partial charge in [0.1, 0.15) is 12.2 Å². The predicted molar refractivity (Wildman–Crippen MR) is 84.1 cm³/mol. The molecule has 0 bridgehead atoms. The minimum Gasteiger partial charge on any atom is -0.445 e. The molecule has 0 spiro atoms. The van der Waals surface area contributed by atoms with E-state index in [0.29, 0.717) is 0 Å². The van der Waals surface area contributed by atoms with E-state index in [4.69, 9.17) is 4.74 Å². The van der Waals surface area contributed by atoms with Crippen molar-refractivity contribution < 1.29 is 14.6 Å². The second kappa shape index (κ2) is 5.79. The first kappa shape index (κ1) is 14.6. The van der Waals surface area contributed by atoms with Crippen LogP contribution in [0, 0.1) is 0 Å². The van der Waals surface area contributed by atoms with Crippen molar-refractivity contribution >= 4 is 33.4 Å². The number of benzene rings is 1. The van der Waals surface area contributed by atoms with Crippen LogP contribution in [0.2, 0.25) is 0 Å². The molecule has 1 aromatic carbocycles. The molecule has 6 heteroatoms. The van der Waals surface area contributed by atoms with Crippen LogP contribution in [0.15, 0.2) is 46.3 Å². The summed E-state index contributed by atoms with van der Waals surface area (Å²) in [6, 6.07) is 11.4. The predicted octanol–water partition coefficient (Wildman–Crippen LogP) is 3.35. The number of aliphatic hydroxyl groups is 1. The topological polar surface area (TPSA) is 49.8 Å². The van der Waals surface area contributed by atoms with Crippen molar-refractivity contribution in [3.05, 3.63) is 56.7 Å². The van der Waals surface area contributed by atoms with Gasteiger partial charge in [-0.1, -0.05) is 30.3 Å². The fourth-order valence-electron chi connectivity index (χ4n) is 2.29. The molecule has 1 fully saturated rings. The summed E-state index contributed by atoms with van der Waals surface area (Å²) in [6.07, 6.45) is -0.392. The van der Waals surface area contributed by atoms with Gasteiger partial charge in [0.25, 0.3) is 0 Å². The first-order chi connectivity index (χ1) is 10.1. The molecule has 1 amide bonds. The van der Waals surface area contributed by atoms with E-state index in [1.807, 2.05) is 41.8 Å². The Labute approximate surface area is 135 Å². The van der Waals surface area contributed by atoms with E-state index in [2.05, 4.69) is 15.9 Å². The number of amides is 1. The first-order valence-electron chi connectivity index (χ1n) is 6.50. The smallest absolute Gasteiger partial charge is 0.410 e. The Morgan fingerprint density at radius 2 is 2.05 bits per heavy atom. The molecule has 1 aliphatic heterocycles. The van der Waals surface area contributed by atoms with Crippen LogP contribution in [0.1, 0.15) is 10.4 Å². The number of thiophene rings is 1. The molecule has 4 nitrogen and oxygen atoms in total. The average molecular weight is 368 g/mol. The highest BCUT2D eigenvalue weighted by molar-refractivity contribution is 9.10. The molecule has 1 saturated heterocycles. The Balaban J connectivity index is 1.54. The van der Waals surface area contributed by atoms with Gasteiger partial charge in [0.05, 0.1) is 18.0 Å². The van der Waals surface area contributed by atoms with Gasteiger partial charge in [-0.2, -0.15) is 0 Å². The number of likely N-dealkylation sites (tertiary alicyclic amines) is 1. The minimum atomic E-state index is -0.960. The van der Waals surface area contributed by atoms with Crippen LogP contribution in [0.3, 0.4) is 0 Å². The van der Waals surface area contributed by atoms with E-state index in [1.165, 1.54) is 16.2 Å². The zero-order valence-corrected chi connectivity index (χ0v) is 13.6. The Bertz CT molecular complexity index is 637. The van der Waals surface area contributed by atoms with Gasteiger partial charge in [-0.15, -0.1) is 11.3 Å². The van der Waals surface area contributed by atoms with E-state index >= 15 is 0 Å². The number of ether oxygens (including phenoxy) is 1. The summed E-state index contributed by atoms with van der Waals surface area (Å²) in [5, 5.41) is 12.4. The van der Waals surface area contributed by atoms with Crippen LogP contribution < -0.4 is 0 Å². The molecule has 0 saturated carbocycles. The second-order valence-corrected chi connectivity index (χ2v) is 6.80. The van der Waals surface area contributed by atoms with Crippen molar-refractivity contribution in [1.82, 2.24) is 4.90 Å². The molecule has 3 rings (SSSR count). The lowest BCUT2D eigenvalue weighted by Gasteiger charge is -2.45. The fourth-order valence-corrected chi connectivity index (χ4v) is 4.12. The van der Waals surface area contributed by atoms with Gasteiger partial charge in [-0.05, 0) is 32.9 Å². The number of halogens is 1. The van der Waals surface area contributed by atoms with E-state index < -0.39 is 11.7 Å². The lowest BCUT2D eigenvalue weighted by molar-refractivity contribution is -0.0929. The van der Waals surface area contributed by atoms with Gasteiger partial charge in [0, 0.05) is 4.47 Å². The molecule has 2 aromatic rings. The van der Waals surface area contributed by atoms with Crippen LogP contribution in [-0.4, -0.2) is 29.2 Å². The SMILES string of the molecule is O=C(OCc1ccccc1)N1CC(O)(c2sccc2Br)C1. The summed E-state index contributed by atoms with van der Waals surface area (Å²) in [5.41, 5.74) is -0.0127. The number of hydrogen-bond donors (Lipinski definition) is 1. The summed E-state index contributed by atoms with van der Waals surface area (Å²) in [6.45, 7) is 0.775. The highest BCUT2D eigenvalue weighted by Crippen LogP contribution is 2.39. The van der Waals surface area contributed by atoms with Crippen molar-refractivity contribution in [2.24, 2.45) is 0 Å². The third-order valence-corrected chi connectivity index (χ3v) is 5.44. The lowest BCUT2D eigenvalue weighted by atomic mass is 9.93. The molecule has 1 N–H and O–H groups in total. The van der Waals surface area contributed by atoms with Crippen molar-refractivity contribution in [2.45, 2.75) is 12.2 Å². The summed E-state index contributed by atoms with van der Waals surface area (Å²) < 4.78 is 6.12. The number of carbonyl (C=O) groups excluding carboxylic acids is 1. The molecule has 1 aliphatic rings. The van der Waals surface area contributed by atoms with Crippen LogP contribution >= 0.6 is 27.3 Å². The van der Waals surface area contributed by atoms with E-state index in [-0.39, 0.29) is 19.7 Å². The van der Waals surface area contributed by atoms with E-state index in [9.17, 15) is 9.90 Å². The van der Waals surface area contributed by atoms with Gasteiger partial charge in [0.15, 0.2) is 0 Å². The molecule has 0 atom stereocenters. The Hall–Kier alpha value is -1.37. The van der Waals surface area contributed by atoms with Gasteiger partial charge in [-0.25, -0.2) is 4.79 Å². The number of nitrogens with zero attached hydrogens (tertiary/aromatic N) is 1. The van der Waals surface area contributed by atoms with Crippen LogP contribution in [0.5, 0.6) is 0 Å². The number of hydrogen-bond acceptors (Lipinski definition) is 4. The normalized spacial score (nSPS) is 16.4. The molecule has 1 aromatic heterocycles. The number of β-amino-alcohol motifs (C(OH)–C–C–N with tert-alkyl or cyclic N) is 1. The van der Waals surface area contributed by atoms with Crippen molar-refractivity contribution in [1.29, 1.82) is 0 Å². The monoisotopic (exact) mass is 367 g/mol. The third kappa shape index (κ3) is 2.97. The number of rotatable bonds is 3. The quantitative estimate of drug-likeness (QED) is 0.904. The highest BCUT2D eigenvalue weighted by Gasteiger charge is 2.47. The molecule has 2 heterocycles. The zero-order valence-electron chi connectivity index (χ0n) is 11.2. The summed E-state index contributed by atoms with van der Waals surface area (Å²) >= 11 is 4.89. The van der Waals surface area contributed by atoms with Crippen molar-refractivity contribution in [3.8, 4) is 0 Å². The maximum atomic E-state index is 11.9. The Morgan fingerprint density at radius 3 is 2.67 bits per heavy atom. The van der Waals surface area contributed by atoms with Crippen LogP contribution in [0.4, 0.5) is 4.79 Å². The van der Waals surface area contributed by atoms with Gasteiger partial charge < -0.3 is 14.7 Å². The largest absolute Gasteiger partial charge is 0.445 e. The molecule has 0 unspecified atom stereocenters. The lowest BCUT2D eigenvalue weighted by Crippen LogP contribution is -2.61. The summed E-state index contributed by atoms with van der Waals surface area (Å²) in [7, 11) is 0. The van der Waals surface area contributed by atoms with Crippen LogP contribution in [0.25, 0.3) is 0 Å². The third-order valence-electron chi connectivity index (χ3n) is 3.41. The van der Waals surface area contributed by atoms with Gasteiger partial charge in [-0.3, -0.25) is 0 Å². The average Bonchev–Trinajstić information content (AvgIpc) is 2.89. The second-order valence-electron chi connectivity index (χ2n) is 5.03. The minimum absolute atomic E-state index is 0.247. The van der Waals surface area contributed by atoms with Crippen molar-refractivity contribution in [2.75, 3.05) is 13.1 Å². The van der Waals surface area contributed by atoms with Gasteiger partial charge in [0.2, 0.25) is 0 Å². The molecular weight excluding hydrogens is 354 g/mol. The molecule has 110 valence electrons. The molecule has 0 aliphatic carbocycles. The standard InChI is InChI=1S/C15H14BrNO3S/c16-12-6-7-21-13(12)15(19)9-17(10-15)14(18)20-8-11-4-2-1-3-5-11/h1-7,19H,8-10H2. The Morgan fingerprint density at radius 1 is 1.33 bits per heavy atom. The molecule has 21 heavy (non-hydrogen) atoms. The fraction of sp³-hybridized carbons (Fsp3) is 0.267. The molecule has 0 radical (unpaired) electrons. The maximum absolute atomic E-state index is 11.9. The van der Waals surface area contributed by atoms with Crippen molar-refractivity contribution in [3.63, 3.8) is 0 Å². The van der Waals surface area contributed by atoms with Crippen LogP contribution in [-0.2, 0) is 16.9 Å².